The summed E-state index contributed by atoms with van der Waals surface area (Å²) in [5, 5.41) is 0. The molecular weight excluding hydrogens is 1790 g/mol. The van der Waals surface area contributed by atoms with Gasteiger partial charge in [-0.15, -0.1) is 0 Å². The van der Waals surface area contributed by atoms with Gasteiger partial charge in [0, 0.05) is 55.4 Å². The van der Waals surface area contributed by atoms with E-state index in [1.165, 1.54) is 140 Å². The number of unbranched alkanes of at least 4 members (excludes halogenated alkanes) is 24. The summed E-state index contributed by atoms with van der Waals surface area (Å²) < 4.78 is 11.8. The summed E-state index contributed by atoms with van der Waals surface area (Å²) in [5.41, 5.74) is 48.7. The second-order valence-electron chi connectivity index (χ2n) is 42.0. The number of hydrogen-bond donors (Lipinski definition) is 4. The van der Waals surface area contributed by atoms with Gasteiger partial charge < -0.3 is 29.4 Å². The Morgan fingerprint density at radius 3 is 0.774 bits per heavy atom. The van der Waals surface area contributed by atoms with E-state index in [1.54, 1.807) is 0 Å². The SMILES string of the molecule is CCCCCCC1=C(C)c2nc1cc1[nH]c(c(C)c1CCCCCC)c1c3nc(cc4[nH]c(c(C)c4CCCCCC)c2-c2cccc(c2)/C=C/COC(=O)CCC(=O)OC/C=C/c2cccc(c2)-c2c4nc(cc5[nH]c(c(C)c5CCCCCC)c(c5nc(cc6[nH]c2c(C)c6CCCCCC)C(CCCCCC)=C5C)-c2cccc(c2)C#CC#Cc2cccc-1c2)C(CCCCCC)=C4C)C(CCCCCC)=C3C. The third-order valence-electron chi connectivity index (χ3n) is 31.3. The van der Waals surface area contributed by atoms with Crippen LogP contribution in [0, 0.1) is 51.4 Å². The van der Waals surface area contributed by atoms with Crippen molar-refractivity contribution in [3.05, 3.63) is 246 Å². The summed E-state index contributed by atoms with van der Waals surface area (Å²) in [6.07, 6.45) is 50.9. The maximum absolute atomic E-state index is 13.8. The molecule has 4 aromatic carbocycles. The summed E-state index contributed by atoms with van der Waals surface area (Å²) in [5.74, 6) is 13.3. The lowest BCUT2D eigenvalue weighted by Crippen LogP contribution is -2.10. The van der Waals surface area contributed by atoms with E-state index in [9.17, 15) is 9.59 Å². The maximum atomic E-state index is 13.8. The van der Waals surface area contributed by atoms with E-state index < -0.39 is 11.9 Å². The summed E-state index contributed by atoms with van der Waals surface area (Å²) in [6.45, 7) is 37.2. The molecule has 0 fully saturated rings. The number of carbonyl (C=O) groups is 2. The van der Waals surface area contributed by atoms with Gasteiger partial charge in [0.05, 0.1) is 80.5 Å². The summed E-state index contributed by atoms with van der Waals surface area (Å²) in [7, 11) is 0. The lowest BCUT2D eigenvalue weighted by atomic mass is 9.93. The van der Waals surface area contributed by atoms with E-state index >= 15 is 0 Å². The molecule has 0 saturated carbocycles. The Hall–Kier alpha value is -12.4. The Kier molecular flexibility index (Phi) is 39.4. The lowest BCUT2D eigenvalue weighted by Gasteiger charge is -2.10. The summed E-state index contributed by atoms with van der Waals surface area (Å²) >= 11 is 0. The van der Waals surface area contributed by atoms with Crippen molar-refractivity contribution >= 4 is 113 Å². The van der Waals surface area contributed by atoms with Gasteiger partial charge in [-0.05, 0) is 365 Å². The number of allylic oxidation sites excluding steroid dienone is 8. The van der Waals surface area contributed by atoms with Crippen LogP contribution in [0.1, 0.15) is 439 Å². The number of benzene rings is 4. The monoisotopic (exact) mass is 1950 g/mol. The predicted octanol–water partition coefficient (Wildman–Crippen LogP) is 37.3. The van der Waals surface area contributed by atoms with Gasteiger partial charge in [-0.3, -0.25) is 9.59 Å². The molecule has 8 aliphatic rings. The van der Waals surface area contributed by atoms with E-state index in [0.29, 0.717) is 0 Å². The van der Waals surface area contributed by atoms with Gasteiger partial charge in [0.1, 0.15) is 13.2 Å². The molecular formula is C134H164N8O4. The molecule has 14 heterocycles. The average Bonchev–Trinajstić information content (AvgIpc) is 1.59. The Morgan fingerprint density at radius 2 is 0.521 bits per heavy atom. The maximum Gasteiger partial charge on any atom is 0.306 e. The molecule has 6 aromatic heterocycles. The standard InChI is InChI=1S/C134H164N8O4/c1-17-25-33-41-69-105-89(9)127-123-101-65-51-59-97(81-101)57-49-50-58-98-60-52-66-102(82-98)124-129-91(11)107(71-43-35-27-19-3)115(137-129)87-119-111(75-47-39-31-23-7)95(15)133(141-119)126(134-96(16)112(76-48-40-32-24-8)120(142-134)88-116-108(72-44-36-28-20-4)92(12)130(124)138-116)104-68-54-62-100(84-104)64-56-80-146-122(144)78-77-121(143)145-79-55-63-99-61-53-67-103(83-99)125(131-93(13)109(73-45-37-29-21-5)117(139-131)85-113(105)135-127)132-94(14)110(74-46-38-30-22-6)118(140-132)86-114-106(70-42-34-26-18-2)90(10)128(123)136-114/h51-56,59-68,81-88,135,137,140,142H,17-48,69-80H2,1-16H3/b63-55+,64-56+,113-85?,114-86?,115-87?,116-88?,117-85?,118-86?,119-87?,120-88?,127-123?,128-123?,129-124?,130-124?,131-125?,132-125?,133-126?,134-126?. The average molecular weight is 1950 g/mol. The van der Waals surface area contributed by atoms with Crippen LogP contribution in [-0.2, 0) is 44.7 Å². The van der Waals surface area contributed by atoms with Gasteiger partial charge in [0.2, 0.25) is 0 Å². The zero-order valence-electron chi connectivity index (χ0n) is 91.4. The second-order valence-corrected chi connectivity index (χ2v) is 42.0. The number of ether oxygens (including phenoxy) is 2. The highest BCUT2D eigenvalue weighted by molar-refractivity contribution is 6.07. The van der Waals surface area contributed by atoms with Crippen molar-refractivity contribution in [3.8, 4) is 68.2 Å². The minimum absolute atomic E-state index is 0.0327. The van der Waals surface area contributed by atoms with Gasteiger partial charge in [-0.2, -0.15) is 0 Å². The number of nitrogens with zero attached hydrogens (tertiary/aromatic N) is 4. The van der Waals surface area contributed by atoms with E-state index in [2.05, 4.69) is 276 Å². The number of H-pyrrole nitrogens is 4. The fourth-order valence-corrected chi connectivity index (χ4v) is 22.8. The van der Waals surface area contributed by atoms with Crippen molar-refractivity contribution in [2.24, 2.45) is 0 Å². The Balaban J connectivity index is 0.997. The van der Waals surface area contributed by atoms with Gasteiger partial charge in [-0.1, -0.05) is 294 Å². The molecule has 0 radical (unpaired) electrons. The highest BCUT2D eigenvalue weighted by Crippen LogP contribution is 2.50. The molecule has 0 spiro atoms. The van der Waals surface area contributed by atoms with Gasteiger partial charge >= 0.3 is 11.9 Å². The number of rotatable bonds is 40. The lowest BCUT2D eigenvalue weighted by molar-refractivity contribution is -0.149. The molecule has 8 aliphatic heterocycles. The summed E-state index contributed by atoms with van der Waals surface area (Å²) in [6, 6.07) is 45.0. The van der Waals surface area contributed by atoms with Crippen molar-refractivity contribution in [2.45, 2.75) is 380 Å². The second kappa shape index (κ2) is 53.3. The normalized spacial score (nSPS) is 14.1. The van der Waals surface area contributed by atoms with Crippen LogP contribution in [0.25, 0.3) is 145 Å². The number of aryl methyl sites for hydroxylation is 8. The first-order valence-electron chi connectivity index (χ1n) is 56.8. The number of aromatic amines is 4. The van der Waals surface area contributed by atoms with Crippen molar-refractivity contribution < 1.29 is 19.1 Å². The molecule has 146 heavy (non-hydrogen) atoms. The molecule has 4 N–H and O–H groups in total. The third-order valence-corrected chi connectivity index (χ3v) is 31.3. The van der Waals surface area contributed by atoms with Crippen molar-refractivity contribution in [1.82, 2.24) is 39.9 Å². The number of carbonyl (C=O) groups excluding carboxylic acids is 2. The topological polar surface area (TPSA) is 167 Å². The van der Waals surface area contributed by atoms with Crippen LogP contribution < -0.4 is 0 Å². The number of aromatic nitrogens is 8. The smallest absolute Gasteiger partial charge is 0.306 e. The minimum Gasteiger partial charge on any atom is -0.461 e. The molecule has 28 bridgehead atoms. The van der Waals surface area contributed by atoms with Crippen LogP contribution in [0.15, 0.2) is 133 Å². The van der Waals surface area contributed by atoms with E-state index in [4.69, 9.17) is 29.4 Å². The zero-order valence-corrected chi connectivity index (χ0v) is 91.4. The number of esters is 2. The fraction of sp³-hybridized carbons (Fsp3) is 0.448. The molecule has 0 amide bonds. The first-order valence-corrected chi connectivity index (χ1v) is 56.8. The van der Waals surface area contributed by atoms with E-state index in [0.717, 1.165) is 362 Å². The van der Waals surface area contributed by atoms with Crippen LogP contribution in [0.2, 0.25) is 0 Å². The van der Waals surface area contributed by atoms with E-state index in [-0.39, 0.29) is 26.1 Å². The van der Waals surface area contributed by atoms with Gasteiger partial charge in [-0.25, -0.2) is 19.9 Å². The van der Waals surface area contributed by atoms with Crippen molar-refractivity contribution in [3.63, 3.8) is 0 Å². The number of nitrogens with one attached hydrogen (secondary N) is 4. The van der Waals surface area contributed by atoms with Gasteiger partial charge in [0.15, 0.2) is 0 Å². The molecule has 12 heteroatoms. The Bertz CT molecular complexity index is 6660. The first kappa shape index (κ1) is 108. The van der Waals surface area contributed by atoms with Crippen LogP contribution in [-0.4, -0.2) is 65.0 Å². The molecule has 18 rings (SSSR count). The fourth-order valence-electron chi connectivity index (χ4n) is 22.8. The van der Waals surface area contributed by atoms with Crippen molar-refractivity contribution in [2.75, 3.05) is 13.2 Å². The number of hydrogen-bond acceptors (Lipinski definition) is 8. The minimum atomic E-state index is -0.470. The van der Waals surface area contributed by atoms with Crippen molar-refractivity contribution in [1.29, 1.82) is 0 Å². The van der Waals surface area contributed by atoms with Crippen LogP contribution in [0.4, 0.5) is 0 Å². The summed E-state index contributed by atoms with van der Waals surface area (Å²) in [4.78, 5) is 68.8. The highest BCUT2D eigenvalue weighted by Gasteiger charge is 2.32. The molecule has 10 aromatic rings. The van der Waals surface area contributed by atoms with Crippen LogP contribution in [0.5, 0.6) is 0 Å². The van der Waals surface area contributed by atoms with Crippen LogP contribution >= 0.6 is 0 Å². The quantitative estimate of drug-likeness (QED) is 0.0167. The largest absolute Gasteiger partial charge is 0.461 e. The Morgan fingerprint density at radius 1 is 0.281 bits per heavy atom. The molecule has 0 atom stereocenters. The third kappa shape index (κ3) is 26.0. The molecule has 0 saturated heterocycles. The zero-order chi connectivity index (χ0) is 103. The molecule has 764 valence electrons. The van der Waals surface area contributed by atoms with Crippen LogP contribution in [0.3, 0.4) is 0 Å². The van der Waals surface area contributed by atoms with Gasteiger partial charge in [0.25, 0.3) is 0 Å². The molecule has 0 aliphatic carbocycles. The van der Waals surface area contributed by atoms with E-state index in [1.807, 2.05) is 24.3 Å². The Labute approximate surface area is 873 Å². The predicted molar refractivity (Wildman–Crippen MR) is 622 cm³/mol. The molecule has 0 unspecified atom stereocenters. The highest BCUT2D eigenvalue weighted by atomic mass is 16.5. The first-order chi connectivity index (χ1) is 71.3. The molecule has 12 nitrogen and oxygen atoms in total.